The summed E-state index contributed by atoms with van der Waals surface area (Å²) < 4.78 is 48.5. The van der Waals surface area contributed by atoms with Gasteiger partial charge in [0, 0.05) is 72.7 Å². The van der Waals surface area contributed by atoms with Gasteiger partial charge in [0.05, 0.1) is 36.9 Å². The number of amides is 1. The fourth-order valence-corrected chi connectivity index (χ4v) is 10.4. The second-order valence-electron chi connectivity index (χ2n) is 14.5. The third kappa shape index (κ3) is 5.33. The zero-order valence-electron chi connectivity index (χ0n) is 28.6. The van der Waals surface area contributed by atoms with Gasteiger partial charge in [-0.2, -0.15) is 8.42 Å². The second kappa shape index (κ2) is 12.4. The minimum atomic E-state index is -4.44. The van der Waals surface area contributed by atoms with E-state index in [-0.39, 0.29) is 37.1 Å². The SMILES string of the molecule is CNC(=O)CCCN1CCCc2cc3c(cc21)Oc1c(cc2c4c1CCCN4C(C)(C)C=C2CS(=O)(=O)O)C31OC(=O)c2c(Cl)c(Cl)c(Cl)c(Cl)c21. The molecule has 5 heterocycles. The van der Waals surface area contributed by atoms with E-state index < -0.39 is 33.0 Å². The van der Waals surface area contributed by atoms with E-state index in [1.54, 1.807) is 13.1 Å². The molecule has 10 nitrogen and oxygen atoms in total. The van der Waals surface area contributed by atoms with Gasteiger partial charge in [-0.3, -0.25) is 9.35 Å². The van der Waals surface area contributed by atoms with E-state index in [2.05, 4.69) is 15.1 Å². The summed E-state index contributed by atoms with van der Waals surface area (Å²) >= 11 is 27.1. The molecule has 1 spiro atoms. The average molecular weight is 808 g/mol. The highest BCUT2D eigenvalue weighted by atomic mass is 35.5. The van der Waals surface area contributed by atoms with Crippen molar-refractivity contribution in [2.45, 2.75) is 63.5 Å². The Morgan fingerprint density at radius 3 is 2.46 bits per heavy atom. The van der Waals surface area contributed by atoms with Crippen LogP contribution in [0.4, 0.5) is 11.4 Å². The summed E-state index contributed by atoms with van der Waals surface area (Å²) in [7, 11) is -2.82. The van der Waals surface area contributed by atoms with E-state index in [0.717, 1.165) is 48.3 Å². The number of aryl methyl sites for hydroxylation is 1. The number of nitrogens with zero attached hydrogens (tertiary/aromatic N) is 2. The summed E-state index contributed by atoms with van der Waals surface area (Å²) in [6.45, 7) is 6.15. The molecule has 0 radical (unpaired) electrons. The first kappa shape index (κ1) is 35.8. The van der Waals surface area contributed by atoms with Crippen molar-refractivity contribution in [3.05, 3.63) is 83.3 Å². The molecular formula is C37H35Cl4N3O7S. The topological polar surface area (TPSA) is 125 Å². The van der Waals surface area contributed by atoms with Crippen LogP contribution in [0.25, 0.3) is 5.57 Å². The lowest BCUT2D eigenvalue weighted by molar-refractivity contribution is -0.120. The van der Waals surface area contributed by atoms with Gasteiger partial charge in [-0.05, 0) is 69.2 Å². The van der Waals surface area contributed by atoms with E-state index in [9.17, 15) is 22.6 Å². The molecule has 3 aromatic carbocycles. The van der Waals surface area contributed by atoms with Crippen molar-refractivity contribution in [3.63, 3.8) is 0 Å². The number of ether oxygens (including phenoxy) is 2. The highest BCUT2D eigenvalue weighted by Crippen LogP contribution is 2.64. The zero-order chi connectivity index (χ0) is 37.1. The molecule has 0 bridgehead atoms. The molecule has 1 atom stereocenters. The number of anilines is 2. The molecule has 8 rings (SSSR count). The molecule has 0 saturated carbocycles. The Kier molecular flexibility index (Phi) is 8.56. The number of carbonyl (C=O) groups is 2. The molecule has 3 aromatic rings. The molecule has 0 aromatic heterocycles. The quantitative estimate of drug-likeness (QED) is 0.111. The van der Waals surface area contributed by atoms with Crippen LogP contribution in [-0.4, -0.2) is 62.8 Å². The largest absolute Gasteiger partial charge is 0.456 e. The normalized spacial score (nSPS) is 20.6. The second-order valence-corrected chi connectivity index (χ2v) is 17.4. The number of hydrogen-bond acceptors (Lipinski definition) is 8. The van der Waals surface area contributed by atoms with Crippen molar-refractivity contribution in [1.29, 1.82) is 0 Å². The van der Waals surface area contributed by atoms with Gasteiger partial charge in [0.2, 0.25) is 5.91 Å². The van der Waals surface area contributed by atoms with Gasteiger partial charge in [-0.15, -0.1) is 0 Å². The number of nitrogens with one attached hydrogen (secondary N) is 1. The summed E-state index contributed by atoms with van der Waals surface area (Å²) in [5.74, 6) is -0.491. The molecule has 0 fully saturated rings. The fourth-order valence-electron chi connectivity index (χ4n) is 8.74. The summed E-state index contributed by atoms with van der Waals surface area (Å²) in [5.41, 5.74) is 3.36. The van der Waals surface area contributed by atoms with Crippen molar-refractivity contribution in [2.75, 3.05) is 42.2 Å². The van der Waals surface area contributed by atoms with Crippen molar-refractivity contribution in [2.24, 2.45) is 0 Å². The molecule has 1 unspecified atom stereocenters. The Bertz CT molecular complexity index is 2280. The smallest absolute Gasteiger partial charge is 0.341 e. The molecular weight excluding hydrogens is 772 g/mol. The minimum Gasteiger partial charge on any atom is -0.456 e. The molecule has 0 saturated heterocycles. The third-order valence-corrected chi connectivity index (χ3v) is 13.4. The standard InChI is InChI=1S/C37H35Cl4N3O7S/c1-36(2)16-19(17-52(47,48)49)21-14-23-34(20-8-5-12-44(36)33(20)21)50-25-15-24-18(7-4-10-43(24)11-6-9-26(45)42-3)13-22(25)37(23)28-27(35(46)51-37)29(38)31(40)32(41)30(28)39/h13-16H,4-12,17H2,1-3H3,(H,42,45)(H,47,48,49). The summed E-state index contributed by atoms with van der Waals surface area (Å²) in [6.07, 6.45) is 5.84. The van der Waals surface area contributed by atoms with Crippen molar-refractivity contribution in [1.82, 2.24) is 5.32 Å². The summed E-state index contributed by atoms with van der Waals surface area (Å²) in [5, 5.41) is 2.45. The van der Waals surface area contributed by atoms with Crippen LogP contribution >= 0.6 is 46.4 Å². The maximum atomic E-state index is 14.1. The van der Waals surface area contributed by atoms with Gasteiger partial charge in [-0.1, -0.05) is 52.5 Å². The van der Waals surface area contributed by atoms with E-state index in [0.29, 0.717) is 66.1 Å². The average Bonchev–Trinajstić information content (AvgIpc) is 3.40. The lowest BCUT2D eigenvalue weighted by Crippen LogP contribution is -2.48. The maximum Gasteiger partial charge on any atom is 0.341 e. The Balaban J connectivity index is 1.43. The first-order chi connectivity index (χ1) is 24.6. The van der Waals surface area contributed by atoms with Crippen molar-refractivity contribution >= 4 is 85.3 Å². The van der Waals surface area contributed by atoms with Gasteiger partial charge < -0.3 is 24.6 Å². The van der Waals surface area contributed by atoms with Crippen LogP contribution in [0.2, 0.25) is 20.1 Å². The van der Waals surface area contributed by atoms with Crippen LogP contribution in [-0.2, 0) is 38.1 Å². The Hall–Kier alpha value is -3.19. The number of hydrogen-bond donors (Lipinski definition) is 2. The molecule has 15 heteroatoms. The Labute approximate surface area is 321 Å². The number of halogens is 4. The lowest BCUT2D eigenvalue weighted by Gasteiger charge is -2.49. The van der Waals surface area contributed by atoms with Crippen molar-refractivity contribution < 1.29 is 32.0 Å². The molecule has 1 amide bonds. The number of rotatable bonds is 6. The Morgan fingerprint density at radius 1 is 1.00 bits per heavy atom. The molecule has 2 N–H and O–H groups in total. The Morgan fingerprint density at radius 2 is 1.73 bits per heavy atom. The summed E-state index contributed by atoms with van der Waals surface area (Å²) in [4.78, 5) is 30.6. The van der Waals surface area contributed by atoms with E-state index in [1.165, 1.54) is 0 Å². The van der Waals surface area contributed by atoms with Crippen LogP contribution in [0.15, 0.2) is 24.3 Å². The summed E-state index contributed by atoms with van der Waals surface area (Å²) in [6, 6.07) is 5.73. The number of fused-ring (bicyclic) bond motifs is 8. The molecule has 274 valence electrons. The van der Waals surface area contributed by atoms with Crippen molar-refractivity contribution in [3.8, 4) is 11.5 Å². The first-order valence-electron chi connectivity index (χ1n) is 17.1. The lowest BCUT2D eigenvalue weighted by atomic mass is 9.73. The predicted molar refractivity (Wildman–Crippen MR) is 203 cm³/mol. The highest BCUT2D eigenvalue weighted by Gasteiger charge is 2.58. The maximum absolute atomic E-state index is 14.1. The van der Waals surface area contributed by atoms with Crippen LogP contribution in [0.5, 0.6) is 11.5 Å². The van der Waals surface area contributed by atoms with E-state index in [1.807, 2.05) is 32.1 Å². The van der Waals surface area contributed by atoms with Crippen LogP contribution in [0, 0.1) is 0 Å². The number of esters is 1. The van der Waals surface area contributed by atoms with E-state index in [4.69, 9.17) is 55.9 Å². The first-order valence-corrected chi connectivity index (χ1v) is 20.2. The highest BCUT2D eigenvalue weighted by molar-refractivity contribution is 7.86. The number of carbonyl (C=O) groups excluding carboxylic acids is 2. The van der Waals surface area contributed by atoms with Gasteiger partial charge in [0.25, 0.3) is 10.1 Å². The molecule has 5 aliphatic heterocycles. The van der Waals surface area contributed by atoms with Gasteiger partial charge in [0.15, 0.2) is 5.60 Å². The zero-order valence-corrected chi connectivity index (χ0v) is 32.4. The predicted octanol–water partition coefficient (Wildman–Crippen LogP) is 7.96. The monoisotopic (exact) mass is 805 g/mol. The molecule has 0 aliphatic carbocycles. The van der Waals surface area contributed by atoms with Gasteiger partial charge in [0.1, 0.15) is 17.3 Å². The number of benzene rings is 3. The van der Waals surface area contributed by atoms with Gasteiger partial charge in [-0.25, -0.2) is 4.79 Å². The fraction of sp³-hybridized carbons (Fsp3) is 0.405. The van der Waals surface area contributed by atoms with Crippen LogP contribution in [0.1, 0.15) is 83.3 Å². The van der Waals surface area contributed by atoms with Gasteiger partial charge >= 0.3 is 5.97 Å². The van der Waals surface area contributed by atoms with Crippen LogP contribution in [0.3, 0.4) is 0 Å². The molecule has 52 heavy (non-hydrogen) atoms. The van der Waals surface area contributed by atoms with Crippen LogP contribution < -0.4 is 19.9 Å². The molecule has 5 aliphatic rings. The minimum absolute atomic E-state index is 0.00732. The third-order valence-electron chi connectivity index (χ3n) is 10.9. The van der Waals surface area contributed by atoms with E-state index >= 15 is 0 Å².